The number of hydrogen-bond donors (Lipinski definition) is 1. The number of benzene rings is 3. The number of para-hydroxylation sites is 2. The third-order valence-electron chi connectivity index (χ3n) is 5.24. The van der Waals surface area contributed by atoms with Crippen LogP contribution >= 0.6 is 0 Å². The van der Waals surface area contributed by atoms with Gasteiger partial charge in [-0.1, -0.05) is 99.8 Å². The molecule has 0 radical (unpaired) electrons. The average molecular weight is 488 g/mol. The van der Waals surface area contributed by atoms with Crippen LogP contribution in [0.3, 0.4) is 0 Å². The van der Waals surface area contributed by atoms with Crippen LogP contribution in [0.5, 0.6) is 17.2 Å². The molecule has 0 atom stereocenters. The maximum Gasteiger partial charge on any atom is 0.167 e. The Morgan fingerprint density at radius 3 is 2.03 bits per heavy atom. The first-order valence-electron chi connectivity index (χ1n) is 12.4. The van der Waals surface area contributed by atoms with E-state index in [2.05, 4.69) is 47.5 Å². The van der Waals surface area contributed by atoms with Crippen molar-refractivity contribution < 1.29 is 14.6 Å². The number of rotatable bonds is 9. The van der Waals surface area contributed by atoms with Gasteiger partial charge in [0.05, 0.1) is 19.9 Å². The Balaban J connectivity index is 0.000000202. The number of aryl methyl sites for hydroxylation is 1. The maximum absolute atomic E-state index is 8.63. The zero-order valence-electron chi connectivity index (χ0n) is 21.5. The van der Waals surface area contributed by atoms with Crippen LogP contribution in [0.2, 0.25) is 0 Å². The Hall–Kier alpha value is -3.93. The molecule has 0 spiro atoms. The van der Waals surface area contributed by atoms with Crippen LogP contribution in [0.4, 0.5) is 0 Å². The fourth-order valence-corrected chi connectivity index (χ4v) is 3.28. The van der Waals surface area contributed by atoms with Crippen molar-refractivity contribution >= 4 is 0 Å². The van der Waals surface area contributed by atoms with Gasteiger partial charge in [0.1, 0.15) is 17.2 Å². The second-order valence-electron chi connectivity index (χ2n) is 7.92. The van der Waals surface area contributed by atoms with E-state index in [1.165, 1.54) is 31.2 Å². The van der Waals surface area contributed by atoms with Gasteiger partial charge in [0.15, 0.2) is 5.75 Å². The molecule has 0 aliphatic carbocycles. The second-order valence-corrected chi connectivity index (χ2v) is 7.92. The smallest absolute Gasteiger partial charge is 0.167 e. The number of unbranched alkanes of at least 4 members (excludes halogenated alkanes) is 3. The molecule has 1 aromatic heterocycles. The van der Waals surface area contributed by atoms with E-state index in [1.807, 2.05) is 42.5 Å². The van der Waals surface area contributed by atoms with Crippen LogP contribution in [0.1, 0.15) is 45.1 Å². The SMILES string of the molecule is CCCCCCOc1ccccc1CC.COc1cnnnc1-c1ccccc1.Oc1ccccc1. The molecule has 0 fully saturated rings. The van der Waals surface area contributed by atoms with Crippen molar-refractivity contribution in [2.75, 3.05) is 13.7 Å². The van der Waals surface area contributed by atoms with Crippen molar-refractivity contribution in [1.29, 1.82) is 0 Å². The monoisotopic (exact) mass is 487 g/mol. The molecule has 0 aliphatic rings. The summed E-state index contributed by atoms with van der Waals surface area (Å²) < 4.78 is 10.9. The zero-order valence-corrected chi connectivity index (χ0v) is 21.5. The van der Waals surface area contributed by atoms with Gasteiger partial charge in [-0.3, -0.25) is 0 Å². The van der Waals surface area contributed by atoms with Crippen LogP contribution in [0, 0.1) is 0 Å². The van der Waals surface area contributed by atoms with Crippen LogP contribution in [-0.2, 0) is 6.42 Å². The van der Waals surface area contributed by atoms with Gasteiger partial charge in [-0.25, -0.2) is 0 Å². The fraction of sp³-hybridized carbons (Fsp3) is 0.300. The van der Waals surface area contributed by atoms with Crippen molar-refractivity contribution in [1.82, 2.24) is 15.4 Å². The van der Waals surface area contributed by atoms with Gasteiger partial charge in [0, 0.05) is 5.56 Å². The standard InChI is InChI=1S/C14H22O.C10H9N3O.C6H6O/c1-3-5-6-9-12-15-14-11-8-7-10-13(14)4-2;1-14-9-7-11-13-12-10(9)8-5-3-2-4-6-8;7-6-4-2-1-3-5-6/h7-8,10-11H,3-6,9,12H2,1-2H3;2-7H,1H3;1-5,7H. The van der Waals surface area contributed by atoms with Crippen molar-refractivity contribution in [2.45, 2.75) is 46.0 Å². The minimum Gasteiger partial charge on any atom is -0.508 e. The molecule has 0 bridgehead atoms. The minimum atomic E-state index is 0.322. The van der Waals surface area contributed by atoms with Crippen molar-refractivity contribution in [3.05, 3.63) is 96.7 Å². The number of aromatic hydroxyl groups is 1. The summed E-state index contributed by atoms with van der Waals surface area (Å²) in [6, 6.07) is 26.8. The highest BCUT2D eigenvalue weighted by molar-refractivity contribution is 5.64. The summed E-state index contributed by atoms with van der Waals surface area (Å²) in [6.07, 6.45) is 7.65. The first-order chi connectivity index (χ1) is 17.7. The molecule has 1 N–H and O–H groups in total. The fourth-order valence-electron chi connectivity index (χ4n) is 3.28. The molecular weight excluding hydrogens is 450 g/mol. The Morgan fingerprint density at radius 1 is 0.750 bits per heavy atom. The van der Waals surface area contributed by atoms with Crippen molar-refractivity contribution in [2.24, 2.45) is 0 Å². The average Bonchev–Trinajstić information content (AvgIpc) is 2.95. The third-order valence-corrected chi connectivity index (χ3v) is 5.24. The second kappa shape index (κ2) is 17.5. The highest BCUT2D eigenvalue weighted by atomic mass is 16.5. The molecule has 3 aromatic carbocycles. The molecular formula is C30H37N3O3. The number of hydrogen-bond acceptors (Lipinski definition) is 6. The van der Waals surface area contributed by atoms with Crippen molar-refractivity contribution in [3.63, 3.8) is 0 Å². The molecule has 0 amide bonds. The number of phenols is 1. The third kappa shape index (κ3) is 10.6. The lowest BCUT2D eigenvalue weighted by Crippen LogP contribution is -1.99. The van der Waals surface area contributed by atoms with E-state index in [1.54, 1.807) is 37.6 Å². The summed E-state index contributed by atoms with van der Waals surface area (Å²) in [5.41, 5.74) is 3.00. The topological polar surface area (TPSA) is 77.4 Å². The van der Waals surface area contributed by atoms with E-state index in [9.17, 15) is 0 Å². The lowest BCUT2D eigenvalue weighted by atomic mass is 10.1. The van der Waals surface area contributed by atoms with Crippen LogP contribution in [0.25, 0.3) is 11.3 Å². The van der Waals surface area contributed by atoms with E-state index in [0.29, 0.717) is 17.2 Å². The van der Waals surface area contributed by atoms with Gasteiger partial charge in [0.25, 0.3) is 0 Å². The van der Waals surface area contributed by atoms with Crippen LogP contribution in [0.15, 0.2) is 91.1 Å². The van der Waals surface area contributed by atoms with Gasteiger partial charge in [-0.2, -0.15) is 0 Å². The number of phenolic OH excluding ortho intramolecular Hbond substituents is 1. The molecule has 6 nitrogen and oxygen atoms in total. The molecule has 0 saturated heterocycles. The number of methoxy groups -OCH3 is 1. The first-order valence-corrected chi connectivity index (χ1v) is 12.4. The number of ether oxygens (including phenoxy) is 2. The Kier molecular flexibility index (Phi) is 13.8. The largest absolute Gasteiger partial charge is 0.508 e. The lowest BCUT2D eigenvalue weighted by Gasteiger charge is -2.09. The molecule has 0 unspecified atom stereocenters. The predicted molar refractivity (Wildman–Crippen MR) is 145 cm³/mol. The van der Waals surface area contributed by atoms with Crippen LogP contribution < -0.4 is 9.47 Å². The Morgan fingerprint density at radius 2 is 1.42 bits per heavy atom. The van der Waals surface area contributed by atoms with Gasteiger partial charge in [-0.05, 0) is 41.8 Å². The molecule has 6 heteroatoms. The highest BCUT2D eigenvalue weighted by Crippen LogP contribution is 2.25. The van der Waals surface area contributed by atoms with E-state index in [-0.39, 0.29) is 0 Å². The number of aromatic nitrogens is 3. The predicted octanol–water partition coefficient (Wildman–Crippen LogP) is 7.15. The summed E-state index contributed by atoms with van der Waals surface area (Å²) in [6.45, 7) is 5.25. The van der Waals surface area contributed by atoms with Crippen molar-refractivity contribution in [3.8, 4) is 28.5 Å². The summed E-state index contributed by atoms with van der Waals surface area (Å²) in [5, 5.41) is 19.8. The molecule has 190 valence electrons. The molecule has 4 rings (SSSR count). The van der Waals surface area contributed by atoms with Crippen LogP contribution in [-0.4, -0.2) is 34.2 Å². The van der Waals surface area contributed by atoms with E-state index >= 15 is 0 Å². The molecule has 36 heavy (non-hydrogen) atoms. The first kappa shape index (κ1) is 28.3. The summed E-state index contributed by atoms with van der Waals surface area (Å²) in [7, 11) is 1.59. The molecule has 0 aliphatic heterocycles. The van der Waals surface area contributed by atoms with Gasteiger partial charge in [0.2, 0.25) is 0 Å². The van der Waals surface area contributed by atoms with Gasteiger partial charge in [-0.15, -0.1) is 10.2 Å². The van der Waals surface area contributed by atoms with Gasteiger partial charge >= 0.3 is 0 Å². The normalized spacial score (nSPS) is 9.75. The number of nitrogens with zero attached hydrogens (tertiary/aromatic N) is 3. The van der Waals surface area contributed by atoms with E-state index < -0.39 is 0 Å². The summed E-state index contributed by atoms with van der Waals surface area (Å²) in [5.74, 6) is 2.02. The summed E-state index contributed by atoms with van der Waals surface area (Å²) >= 11 is 0. The molecule has 1 heterocycles. The highest BCUT2D eigenvalue weighted by Gasteiger charge is 2.06. The minimum absolute atomic E-state index is 0.322. The van der Waals surface area contributed by atoms with Gasteiger partial charge < -0.3 is 14.6 Å². The Bertz CT molecular complexity index is 1090. The molecule has 4 aromatic rings. The van der Waals surface area contributed by atoms with E-state index in [4.69, 9.17) is 14.6 Å². The zero-order chi connectivity index (χ0) is 25.8. The Labute approximate surface area is 215 Å². The quantitative estimate of drug-likeness (QED) is 0.253. The lowest BCUT2D eigenvalue weighted by molar-refractivity contribution is 0.302. The summed E-state index contributed by atoms with van der Waals surface area (Å²) in [4.78, 5) is 0. The molecule has 0 saturated carbocycles. The van der Waals surface area contributed by atoms with E-state index in [0.717, 1.165) is 24.3 Å². The maximum atomic E-state index is 8.63.